The van der Waals surface area contributed by atoms with Crippen LogP contribution in [0.25, 0.3) is 6.08 Å². The van der Waals surface area contributed by atoms with Gasteiger partial charge < -0.3 is 16.2 Å². The van der Waals surface area contributed by atoms with Gasteiger partial charge in [-0.1, -0.05) is 25.0 Å². The highest BCUT2D eigenvalue weighted by Crippen LogP contribution is 2.28. The fraction of sp³-hybridized carbons (Fsp3) is 0.333. The maximum atomic E-state index is 12.1. The second-order valence-electron chi connectivity index (χ2n) is 5.11. The van der Waals surface area contributed by atoms with Crippen molar-refractivity contribution in [3.05, 3.63) is 35.9 Å². The molecule has 0 bridgehead atoms. The first-order valence-corrected chi connectivity index (χ1v) is 6.61. The molecule has 0 radical (unpaired) electrons. The molecule has 4 N–H and O–H groups in total. The summed E-state index contributed by atoms with van der Waals surface area (Å²) in [6.07, 6.45) is 5.98. The molecule has 0 atom stereocenters. The Morgan fingerprint density at radius 2 is 1.80 bits per heavy atom. The Hall–Kier alpha value is -2.14. The first-order chi connectivity index (χ1) is 9.49. The van der Waals surface area contributed by atoms with Crippen LogP contribution in [0.15, 0.2) is 30.3 Å². The molecule has 0 aromatic heterocycles. The first-order valence-electron chi connectivity index (χ1n) is 6.61. The molecule has 1 aromatic rings. The number of hydrogen-bond acceptors (Lipinski definition) is 3. The van der Waals surface area contributed by atoms with Gasteiger partial charge in [0, 0.05) is 11.8 Å². The van der Waals surface area contributed by atoms with Crippen LogP contribution in [-0.2, 0) is 9.59 Å². The Kier molecular flexibility index (Phi) is 4.20. The van der Waals surface area contributed by atoms with Gasteiger partial charge in [-0.15, -0.1) is 0 Å². The molecule has 0 saturated heterocycles. The SMILES string of the molecule is NC1(C(=O)Nc2ccc(C=CC(=O)O)cc2)CCCC1. The van der Waals surface area contributed by atoms with Crippen LogP contribution < -0.4 is 11.1 Å². The van der Waals surface area contributed by atoms with E-state index in [0.717, 1.165) is 37.3 Å². The Bertz CT molecular complexity index is 529. The van der Waals surface area contributed by atoms with Crippen molar-refractivity contribution in [3.63, 3.8) is 0 Å². The van der Waals surface area contributed by atoms with E-state index in [4.69, 9.17) is 10.8 Å². The van der Waals surface area contributed by atoms with Crippen LogP contribution in [0.1, 0.15) is 31.2 Å². The second kappa shape index (κ2) is 5.88. The minimum absolute atomic E-state index is 0.149. The van der Waals surface area contributed by atoms with Gasteiger partial charge in [0.15, 0.2) is 0 Å². The molecule has 0 heterocycles. The van der Waals surface area contributed by atoms with Crippen LogP contribution in [0.5, 0.6) is 0 Å². The number of aliphatic carboxylic acids is 1. The number of nitrogens with one attached hydrogen (secondary N) is 1. The predicted molar refractivity (Wildman–Crippen MR) is 77.1 cm³/mol. The normalized spacial score (nSPS) is 17.2. The van der Waals surface area contributed by atoms with Gasteiger partial charge in [0.1, 0.15) is 0 Å². The zero-order valence-corrected chi connectivity index (χ0v) is 11.1. The number of anilines is 1. The second-order valence-corrected chi connectivity index (χ2v) is 5.11. The maximum absolute atomic E-state index is 12.1. The van der Waals surface area contributed by atoms with Crippen LogP contribution in [0.2, 0.25) is 0 Å². The molecule has 5 heteroatoms. The lowest BCUT2D eigenvalue weighted by atomic mass is 9.98. The van der Waals surface area contributed by atoms with Crippen LogP contribution in [0.3, 0.4) is 0 Å². The lowest BCUT2D eigenvalue weighted by Crippen LogP contribution is -2.48. The number of carbonyl (C=O) groups excluding carboxylic acids is 1. The zero-order chi connectivity index (χ0) is 14.6. The van der Waals surface area contributed by atoms with E-state index in [1.54, 1.807) is 24.3 Å². The van der Waals surface area contributed by atoms with E-state index in [2.05, 4.69) is 5.32 Å². The molecule has 1 aliphatic carbocycles. The van der Waals surface area contributed by atoms with E-state index >= 15 is 0 Å². The lowest BCUT2D eigenvalue weighted by molar-refractivity contribution is -0.131. The summed E-state index contributed by atoms with van der Waals surface area (Å²) in [5, 5.41) is 11.4. The Labute approximate surface area is 117 Å². The fourth-order valence-electron chi connectivity index (χ4n) is 2.33. The predicted octanol–water partition coefficient (Wildman–Crippen LogP) is 1.99. The van der Waals surface area contributed by atoms with E-state index in [9.17, 15) is 9.59 Å². The summed E-state index contributed by atoms with van der Waals surface area (Å²) in [5.74, 6) is -1.14. The molecule has 0 unspecified atom stereocenters. The molecule has 0 aliphatic heterocycles. The van der Waals surface area contributed by atoms with Crippen molar-refractivity contribution in [1.29, 1.82) is 0 Å². The van der Waals surface area contributed by atoms with Gasteiger partial charge in [0.2, 0.25) is 5.91 Å². The molecule has 1 aliphatic rings. The summed E-state index contributed by atoms with van der Waals surface area (Å²) in [7, 11) is 0. The summed E-state index contributed by atoms with van der Waals surface area (Å²) in [4.78, 5) is 22.5. The van der Waals surface area contributed by atoms with Crippen molar-refractivity contribution in [2.24, 2.45) is 5.73 Å². The van der Waals surface area contributed by atoms with Crippen molar-refractivity contribution < 1.29 is 14.7 Å². The van der Waals surface area contributed by atoms with E-state index in [1.165, 1.54) is 6.08 Å². The summed E-state index contributed by atoms with van der Waals surface area (Å²) < 4.78 is 0. The molecular formula is C15H18N2O3. The zero-order valence-electron chi connectivity index (χ0n) is 11.1. The molecule has 1 aromatic carbocycles. The molecule has 0 spiro atoms. The topological polar surface area (TPSA) is 92.4 Å². The highest BCUT2D eigenvalue weighted by Gasteiger charge is 2.36. The fourth-order valence-corrected chi connectivity index (χ4v) is 2.33. The quantitative estimate of drug-likeness (QED) is 0.732. The summed E-state index contributed by atoms with van der Waals surface area (Å²) in [6, 6.07) is 6.95. The maximum Gasteiger partial charge on any atom is 0.328 e. The number of nitrogens with two attached hydrogens (primary N) is 1. The third kappa shape index (κ3) is 3.45. The molecule has 1 fully saturated rings. The van der Waals surface area contributed by atoms with Crippen LogP contribution >= 0.6 is 0 Å². The number of carbonyl (C=O) groups is 2. The van der Waals surface area contributed by atoms with Gasteiger partial charge >= 0.3 is 5.97 Å². The highest BCUT2D eigenvalue weighted by atomic mass is 16.4. The third-order valence-corrected chi connectivity index (χ3v) is 3.53. The lowest BCUT2D eigenvalue weighted by Gasteiger charge is -2.22. The van der Waals surface area contributed by atoms with Crippen LogP contribution in [-0.4, -0.2) is 22.5 Å². The van der Waals surface area contributed by atoms with Crippen molar-refractivity contribution in [2.75, 3.05) is 5.32 Å². The number of carboxylic acid groups (broad SMARTS) is 1. The monoisotopic (exact) mass is 274 g/mol. The van der Waals surface area contributed by atoms with Crippen LogP contribution in [0.4, 0.5) is 5.69 Å². The minimum Gasteiger partial charge on any atom is -0.478 e. The summed E-state index contributed by atoms with van der Waals surface area (Å²) in [6.45, 7) is 0. The molecule has 2 rings (SSSR count). The molecule has 1 saturated carbocycles. The Balaban J connectivity index is 2.00. The van der Waals surface area contributed by atoms with Gasteiger partial charge in [-0.2, -0.15) is 0 Å². The van der Waals surface area contributed by atoms with Gasteiger partial charge in [-0.3, -0.25) is 4.79 Å². The smallest absolute Gasteiger partial charge is 0.328 e. The number of rotatable bonds is 4. The molecule has 106 valence electrons. The Morgan fingerprint density at radius 1 is 1.20 bits per heavy atom. The van der Waals surface area contributed by atoms with Gasteiger partial charge in [-0.25, -0.2) is 4.79 Å². The van der Waals surface area contributed by atoms with Crippen molar-refractivity contribution in [2.45, 2.75) is 31.2 Å². The third-order valence-electron chi connectivity index (χ3n) is 3.53. The van der Waals surface area contributed by atoms with Crippen molar-refractivity contribution >= 4 is 23.6 Å². The molecule has 20 heavy (non-hydrogen) atoms. The van der Waals surface area contributed by atoms with Gasteiger partial charge in [-0.05, 0) is 36.6 Å². The standard InChI is InChI=1S/C15H18N2O3/c16-15(9-1-2-10-15)14(20)17-12-6-3-11(4-7-12)5-8-13(18)19/h3-8H,1-2,9-10,16H2,(H,17,20)(H,18,19). The largest absolute Gasteiger partial charge is 0.478 e. The molecular weight excluding hydrogens is 256 g/mol. The summed E-state index contributed by atoms with van der Waals surface area (Å²) in [5.41, 5.74) is 6.75. The van der Waals surface area contributed by atoms with Crippen LogP contribution in [0, 0.1) is 0 Å². The average Bonchev–Trinajstić information content (AvgIpc) is 2.86. The van der Waals surface area contributed by atoms with E-state index in [1.807, 2.05) is 0 Å². The number of benzene rings is 1. The van der Waals surface area contributed by atoms with Crippen molar-refractivity contribution in [3.8, 4) is 0 Å². The molecule has 1 amide bonds. The van der Waals surface area contributed by atoms with E-state index < -0.39 is 11.5 Å². The number of hydrogen-bond donors (Lipinski definition) is 3. The number of amides is 1. The van der Waals surface area contributed by atoms with E-state index in [-0.39, 0.29) is 5.91 Å². The van der Waals surface area contributed by atoms with Crippen molar-refractivity contribution in [1.82, 2.24) is 0 Å². The molecule has 5 nitrogen and oxygen atoms in total. The van der Waals surface area contributed by atoms with E-state index in [0.29, 0.717) is 5.69 Å². The highest BCUT2D eigenvalue weighted by molar-refractivity contribution is 5.98. The number of carboxylic acids is 1. The Morgan fingerprint density at radius 3 is 2.35 bits per heavy atom. The van der Waals surface area contributed by atoms with Gasteiger partial charge in [0.05, 0.1) is 5.54 Å². The first kappa shape index (κ1) is 14.3. The summed E-state index contributed by atoms with van der Waals surface area (Å²) >= 11 is 0. The minimum atomic E-state index is -0.992. The average molecular weight is 274 g/mol. The van der Waals surface area contributed by atoms with Gasteiger partial charge in [0.25, 0.3) is 0 Å².